The molecule has 0 saturated carbocycles. The molecule has 1 saturated heterocycles. The van der Waals surface area contributed by atoms with Gasteiger partial charge < -0.3 is 65.1 Å². The molecule has 25 nitrogen and oxygen atoms in total. The molecule has 0 bridgehead atoms. The first kappa shape index (κ1) is 81.1. The van der Waals surface area contributed by atoms with Gasteiger partial charge in [0.25, 0.3) is 0 Å². The summed E-state index contributed by atoms with van der Waals surface area (Å²) < 4.78 is 5.93. The third kappa shape index (κ3) is 21.9. The summed E-state index contributed by atoms with van der Waals surface area (Å²) in [6.45, 7) is 30.0. The number of rotatable bonds is 17. The molecule has 1 aliphatic rings. The van der Waals surface area contributed by atoms with Gasteiger partial charge >= 0.3 is 5.97 Å². The van der Waals surface area contributed by atoms with E-state index >= 15 is 19.2 Å². The molecule has 1 fully saturated rings. The summed E-state index contributed by atoms with van der Waals surface area (Å²) in [5, 5.41) is 10.9. The number of aldehydes is 1. The molecule has 0 aromatic rings. The molecule has 1 aliphatic heterocycles. The first-order valence-corrected chi connectivity index (χ1v) is 31.9. The Labute approximate surface area is 536 Å². The van der Waals surface area contributed by atoms with Crippen molar-refractivity contribution in [2.45, 2.75) is 236 Å². The highest BCUT2D eigenvalue weighted by Crippen LogP contribution is 2.27. The van der Waals surface area contributed by atoms with Gasteiger partial charge in [-0.25, -0.2) is 0 Å². The Balaban J connectivity index is 4.52. The molecule has 14 atom stereocenters. The second-order valence-electron chi connectivity index (χ2n) is 26.7. The van der Waals surface area contributed by atoms with E-state index in [1.165, 1.54) is 89.7 Å². The van der Waals surface area contributed by atoms with Crippen LogP contribution in [0.5, 0.6) is 0 Å². The number of nitrogens with zero attached hydrogens (tertiary/aromatic N) is 7. The number of carbonyl (C=O) groups excluding carboxylic acids is 13. The number of amides is 11. The van der Waals surface area contributed by atoms with Gasteiger partial charge in [-0.05, 0) is 101 Å². The Morgan fingerprint density at radius 2 is 0.922 bits per heavy atom. The fourth-order valence-electron chi connectivity index (χ4n) is 11.4. The Kier molecular flexibility index (Phi) is 33.1. The molecule has 0 aromatic carbocycles. The lowest BCUT2D eigenvalue weighted by Crippen LogP contribution is -2.64. The number of esters is 1. The van der Waals surface area contributed by atoms with Crippen LogP contribution in [0.1, 0.15) is 163 Å². The average Bonchev–Trinajstić information content (AvgIpc) is 2.72. The fourth-order valence-corrected chi connectivity index (χ4v) is 11.4. The zero-order chi connectivity index (χ0) is 69.8. The van der Waals surface area contributed by atoms with Gasteiger partial charge in [-0.2, -0.15) is 0 Å². The van der Waals surface area contributed by atoms with Crippen molar-refractivity contribution in [1.29, 1.82) is 0 Å². The third-order valence-electron chi connectivity index (χ3n) is 17.1. The lowest BCUT2D eigenvalue weighted by molar-refractivity contribution is -0.164. The lowest BCUT2D eigenvalue weighted by atomic mass is 9.91. The Morgan fingerprint density at radius 1 is 0.478 bits per heavy atom. The van der Waals surface area contributed by atoms with Crippen LogP contribution in [0.3, 0.4) is 0 Å². The SMILES string of the molecule is C/C=C/C[C@@H](C)[C@@H](OC(C)=O)[C@H]1C(=O)N[C@@H](CC)C(=O)N(C)[C@H](C)C(=O)N(C)[C@@H]([C@H](C)CC=O)C(=O)N[C@@H](C(C)C)C(=O)N(C)[C@@H](CC(C)C)C(=O)N[C@@H](C)C(=O)N[C@H](C)C(=O)N(C)[C@@H](CC(C)C)C(=O)N(C)[C@@H](CC(C)C)C(=O)N(C)[C@@H](C(C)C)C(=O)N1C. The minimum atomic E-state index is -1.64. The van der Waals surface area contributed by atoms with E-state index in [1.807, 2.05) is 41.5 Å². The predicted molar refractivity (Wildman–Crippen MR) is 343 cm³/mol. The van der Waals surface area contributed by atoms with Crippen LogP contribution in [0.25, 0.3) is 0 Å². The van der Waals surface area contributed by atoms with Crippen molar-refractivity contribution >= 4 is 77.2 Å². The molecule has 90 heavy (non-hydrogen) atoms. The third-order valence-corrected chi connectivity index (χ3v) is 17.1. The van der Waals surface area contributed by atoms with Crippen molar-refractivity contribution in [3.05, 3.63) is 12.2 Å². The van der Waals surface area contributed by atoms with Crippen molar-refractivity contribution in [1.82, 2.24) is 55.6 Å². The van der Waals surface area contributed by atoms with Gasteiger partial charge in [0.1, 0.15) is 78.9 Å². The Hall–Kier alpha value is -6.95. The summed E-state index contributed by atoms with van der Waals surface area (Å²) in [6.07, 6.45) is 3.19. The van der Waals surface area contributed by atoms with Crippen LogP contribution in [-0.4, -0.2) is 233 Å². The van der Waals surface area contributed by atoms with Crippen molar-refractivity contribution in [3.63, 3.8) is 0 Å². The summed E-state index contributed by atoms with van der Waals surface area (Å²) in [6, 6.07) is -14.4. The van der Waals surface area contributed by atoms with Crippen molar-refractivity contribution in [3.8, 4) is 0 Å². The average molecular weight is 1270 g/mol. The second kappa shape index (κ2) is 36.8. The number of ether oxygens (including phenoxy) is 1. The minimum absolute atomic E-state index is 0.0487. The van der Waals surface area contributed by atoms with E-state index in [1.54, 1.807) is 67.5 Å². The summed E-state index contributed by atoms with van der Waals surface area (Å²) in [5.74, 6) is -12.1. The van der Waals surface area contributed by atoms with Gasteiger partial charge in [0.2, 0.25) is 65.0 Å². The van der Waals surface area contributed by atoms with E-state index < -0.39 is 167 Å². The molecule has 0 unspecified atom stereocenters. The van der Waals surface area contributed by atoms with E-state index in [-0.39, 0.29) is 56.3 Å². The van der Waals surface area contributed by atoms with E-state index in [2.05, 4.69) is 21.3 Å². The first-order chi connectivity index (χ1) is 41.6. The summed E-state index contributed by atoms with van der Waals surface area (Å²) in [5.41, 5.74) is 0. The van der Waals surface area contributed by atoms with Crippen LogP contribution in [0.4, 0.5) is 0 Å². The van der Waals surface area contributed by atoms with Crippen LogP contribution < -0.4 is 21.3 Å². The van der Waals surface area contributed by atoms with Gasteiger partial charge in [0.15, 0.2) is 0 Å². The molecular formula is C65H113N11O14. The van der Waals surface area contributed by atoms with Crippen molar-refractivity contribution in [2.24, 2.45) is 41.4 Å². The number of carbonyl (C=O) groups is 13. The monoisotopic (exact) mass is 1270 g/mol. The number of likely N-dealkylation sites (N-methyl/N-ethyl adjacent to an activating group) is 7. The largest absolute Gasteiger partial charge is 0.459 e. The Morgan fingerprint density at radius 3 is 1.38 bits per heavy atom. The zero-order valence-corrected chi connectivity index (χ0v) is 58.8. The predicted octanol–water partition coefficient (Wildman–Crippen LogP) is 3.41. The van der Waals surface area contributed by atoms with Crippen LogP contribution in [0.2, 0.25) is 0 Å². The van der Waals surface area contributed by atoms with Crippen molar-refractivity contribution < 1.29 is 67.1 Å². The number of hydrogen-bond acceptors (Lipinski definition) is 14. The molecule has 11 amide bonds. The molecule has 4 N–H and O–H groups in total. The summed E-state index contributed by atoms with van der Waals surface area (Å²) >= 11 is 0. The lowest BCUT2D eigenvalue weighted by Gasteiger charge is -2.42. The van der Waals surface area contributed by atoms with Crippen molar-refractivity contribution in [2.75, 3.05) is 49.3 Å². The fraction of sp³-hybridized carbons (Fsp3) is 0.769. The van der Waals surface area contributed by atoms with Gasteiger partial charge in [-0.3, -0.25) is 57.5 Å². The minimum Gasteiger partial charge on any atom is -0.459 e. The molecule has 1 rings (SSSR count). The van der Waals surface area contributed by atoms with Crippen LogP contribution in [0.15, 0.2) is 12.2 Å². The normalized spacial score (nSPS) is 27.1. The highest BCUT2D eigenvalue weighted by Gasteiger charge is 2.47. The molecule has 0 spiro atoms. The highest BCUT2D eigenvalue weighted by molar-refractivity contribution is 6.00. The molecule has 25 heteroatoms. The van der Waals surface area contributed by atoms with E-state index in [4.69, 9.17) is 4.74 Å². The smallest absolute Gasteiger partial charge is 0.303 e. The molecule has 512 valence electrons. The van der Waals surface area contributed by atoms with Crippen LogP contribution >= 0.6 is 0 Å². The van der Waals surface area contributed by atoms with Gasteiger partial charge in [0, 0.05) is 62.7 Å². The number of nitrogens with one attached hydrogen (secondary N) is 4. The first-order valence-electron chi connectivity index (χ1n) is 31.9. The molecule has 0 aliphatic carbocycles. The van der Waals surface area contributed by atoms with E-state index in [9.17, 15) is 43.2 Å². The topological polar surface area (TPSA) is 302 Å². The van der Waals surface area contributed by atoms with E-state index in [0.717, 1.165) is 21.6 Å². The van der Waals surface area contributed by atoms with Crippen LogP contribution in [0, 0.1) is 41.4 Å². The molecular weight excluding hydrogens is 1160 g/mol. The van der Waals surface area contributed by atoms with Gasteiger partial charge in [-0.1, -0.05) is 102 Å². The second-order valence-corrected chi connectivity index (χ2v) is 26.7. The standard InChI is InChI=1S/C65H113N11O14/c1-26-28-29-41(14)54(90-45(18)78)53-58(82)68-46(27-2)61(85)70(19)44(17)60(84)75(24)52(40(13)30-31-77)57(81)69-50(38(9)10)64(88)71(20)47(32-35(3)4)56(80)66-42(15)55(79)67-43(16)59(83)72(21)48(33-36(5)6)62(86)73(22)49(34-37(7)8)63(87)74(23)51(39(11)12)65(89)76(53)25/h26,28,31,35-44,46-54H,27,29-30,32-34H2,1-25H3,(H,66,80)(H,67,79)(H,68,82)(H,69,81)/b28-26+/t40-,41-,42+,43-,44-,46+,47+,48+,49+,50+,51+,52+,53+,54-/m1/s1. The van der Waals surface area contributed by atoms with Crippen LogP contribution in [-0.2, 0) is 67.1 Å². The van der Waals surface area contributed by atoms with E-state index in [0.29, 0.717) is 6.29 Å². The quantitative estimate of drug-likeness (QED) is 0.0923. The number of allylic oxidation sites excluding steroid dienone is 2. The molecule has 0 aromatic heterocycles. The maximum atomic E-state index is 15.4. The molecule has 0 radical (unpaired) electrons. The summed E-state index contributed by atoms with van der Waals surface area (Å²) in [7, 11) is 9.68. The maximum Gasteiger partial charge on any atom is 0.303 e. The number of hydrogen-bond donors (Lipinski definition) is 4. The van der Waals surface area contributed by atoms with Gasteiger partial charge in [-0.15, -0.1) is 0 Å². The summed E-state index contributed by atoms with van der Waals surface area (Å²) in [4.78, 5) is 196. The van der Waals surface area contributed by atoms with Gasteiger partial charge in [0.05, 0.1) is 0 Å². The highest BCUT2D eigenvalue weighted by atomic mass is 16.5. The Bertz CT molecular complexity index is 2540. The maximum absolute atomic E-state index is 15.4. The molecule has 1 heterocycles. The zero-order valence-electron chi connectivity index (χ0n) is 58.8.